The fraction of sp³-hybridized carbons (Fsp3) is 0. The highest BCUT2D eigenvalue weighted by molar-refractivity contribution is 14.1. The SMILES string of the molecule is Sc1cc(Cl)cc(Cl)c1I. The Morgan fingerprint density at radius 2 is 1.90 bits per heavy atom. The first kappa shape index (κ1) is 8.97. The third kappa shape index (κ3) is 1.94. The van der Waals surface area contributed by atoms with Crippen LogP contribution in [0.2, 0.25) is 10.0 Å². The predicted molar refractivity (Wildman–Crippen MR) is 56.4 cm³/mol. The minimum Gasteiger partial charge on any atom is -0.142 e. The van der Waals surface area contributed by atoms with Gasteiger partial charge in [-0.25, -0.2) is 0 Å². The van der Waals surface area contributed by atoms with Gasteiger partial charge in [-0.1, -0.05) is 23.2 Å². The predicted octanol–water partition coefficient (Wildman–Crippen LogP) is 3.89. The van der Waals surface area contributed by atoms with Crippen molar-refractivity contribution in [1.82, 2.24) is 0 Å². The van der Waals surface area contributed by atoms with Gasteiger partial charge in [-0.3, -0.25) is 0 Å². The Morgan fingerprint density at radius 3 is 2.40 bits per heavy atom. The van der Waals surface area contributed by atoms with Crippen molar-refractivity contribution in [2.75, 3.05) is 0 Å². The van der Waals surface area contributed by atoms with Gasteiger partial charge < -0.3 is 0 Å². The summed E-state index contributed by atoms with van der Waals surface area (Å²) in [5.41, 5.74) is 0. The maximum atomic E-state index is 5.78. The van der Waals surface area contributed by atoms with Gasteiger partial charge in [0.05, 0.1) is 5.02 Å². The summed E-state index contributed by atoms with van der Waals surface area (Å²) in [5.74, 6) is 0. The van der Waals surface area contributed by atoms with E-state index in [0.29, 0.717) is 10.0 Å². The zero-order valence-corrected chi connectivity index (χ0v) is 9.30. The summed E-state index contributed by atoms with van der Waals surface area (Å²) in [6, 6.07) is 3.46. The Balaban J connectivity index is 3.31. The standard InChI is InChI=1S/C6H3Cl2IS/c7-3-1-4(8)6(9)5(10)2-3/h1-2,10H. The Hall–Kier alpha value is 0.880. The molecule has 1 rings (SSSR count). The van der Waals surface area contributed by atoms with Gasteiger partial charge in [0, 0.05) is 13.5 Å². The molecule has 0 amide bonds. The first-order valence-corrected chi connectivity index (χ1v) is 4.73. The summed E-state index contributed by atoms with van der Waals surface area (Å²) >= 11 is 17.7. The maximum Gasteiger partial charge on any atom is 0.0565 e. The average Bonchev–Trinajstić information content (AvgIpc) is 1.82. The normalized spacial score (nSPS) is 10.0. The van der Waals surface area contributed by atoms with Crippen molar-refractivity contribution in [2.45, 2.75) is 4.90 Å². The van der Waals surface area contributed by atoms with Gasteiger partial charge in [-0.05, 0) is 34.7 Å². The molecule has 1 aromatic rings. The van der Waals surface area contributed by atoms with E-state index in [4.69, 9.17) is 23.2 Å². The van der Waals surface area contributed by atoms with E-state index in [2.05, 4.69) is 35.2 Å². The Labute approximate surface area is 88.5 Å². The van der Waals surface area contributed by atoms with Crippen molar-refractivity contribution in [3.63, 3.8) is 0 Å². The van der Waals surface area contributed by atoms with E-state index in [-0.39, 0.29) is 0 Å². The van der Waals surface area contributed by atoms with E-state index in [1.807, 2.05) is 0 Å². The Bertz CT molecular complexity index is 239. The number of rotatable bonds is 0. The fourth-order valence-corrected chi connectivity index (χ4v) is 1.75. The molecule has 4 heteroatoms. The zero-order chi connectivity index (χ0) is 7.72. The molecule has 0 saturated carbocycles. The molecule has 0 aliphatic heterocycles. The molecular weight excluding hydrogens is 302 g/mol. The molecule has 1 aromatic carbocycles. The van der Waals surface area contributed by atoms with E-state index in [1.165, 1.54) is 0 Å². The van der Waals surface area contributed by atoms with Crippen molar-refractivity contribution in [3.05, 3.63) is 25.7 Å². The molecule has 0 spiro atoms. The summed E-state index contributed by atoms with van der Waals surface area (Å²) in [7, 11) is 0. The lowest BCUT2D eigenvalue weighted by Gasteiger charge is -1.99. The van der Waals surface area contributed by atoms with Crippen LogP contribution in [0.4, 0.5) is 0 Å². The summed E-state index contributed by atoms with van der Waals surface area (Å²) in [4.78, 5) is 0.818. The van der Waals surface area contributed by atoms with Crippen LogP contribution in [-0.4, -0.2) is 0 Å². The number of thiol groups is 1. The highest BCUT2D eigenvalue weighted by Crippen LogP contribution is 2.28. The minimum absolute atomic E-state index is 0.621. The Morgan fingerprint density at radius 1 is 1.30 bits per heavy atom. The van der Waals surface area contributed by atoms with Crippen LogP contribution in [0.25, 0.3) is 0 Å². The van der Waals surface area contributed by atoms with Crippen LogP contribution in [0.3, 0.4) is 0 Å². The van der Waals surface area contributed by atoms with E-state index in [9.17, 15) is 0 Å². The van der Waals surface area contributed by atoms with Crippen LogP contribution in [0.1, 0.15) is 0 Å². The third-order valence-electron chi connectivity index (χ3n) is 0.974. The summed E-state index contributed by atoms with van der Waals surface area (Å²) in [6.45, 7) is 0. The van der Waals surface area contributed by atoms with E-state index < -0.39 is 0 Å². The number of halogens is 3. The maximum absolute atomic E-state index is 5.78. The lowest BCUT2D eigenvalue weighted by atomic mass is 10.4. The highest BCUT2D eigenvalue weighted by Gasteiger charge is 2.01. The zero-order valence-electron chi connectivity index (χ0n) is 4.74. The second-order valence-corrected chi connectivity index (χ2v) is 4.12. The smallest absolute Gasteiger partial charge is 0.0565 e. The molecule has 0 aliphatic rings. The van der Waals surface area contributed by atoms with Crippen LogP contribution in [0, 0.1) is 3.57 Å². The molecular formula is C6H3Cl2IS. The molecule has 0 unspecified atom stereocenters. The third-order valence-corrected chi connectivity index (χ3v) is 3.75. The van der Waals surface area contributed by atoms with E-state index in [1.54, 1.807) is 12.1 Å². The molecule has 10 heavy (non-hydrogen) atoms. The van der Waals surface area contributed by atoms with Crippen LogP contribution in [0.15, 0.2) is 17.0 Å². The monoisotopic (exact) mass is 304 g/mol. The average molecular weight is 305 g/mol. The fourth-order valence-electron chi connectivity index (χ4n) is 0.542. The van der Waals surface area contributed by atoms with Crippen molar-refractivity contribution < 1.29 is 0 Å². The molecule has 0 bridgehead atoms. The molecule has 0 heterocycles. The Kier molecular flexibility index (Phi) is 3.16. The van der Waals surface area contributed by atoms with Gasteiger partial charge in [0.15, 0.2) is 0 Å². The lowest BCUT2D eigenvalue weighted by molar-refractivity contribution is 1.42. The van der Waals surface area contributed by atoms with Gasteiger partial charge >= 0.3 is 0 Å². The van der Waals surface area contributed by atoms with Crippen LogP contribution in [0.5, 0.6) is 0 Å². The van der Waals surface area contributed by atoms with Gasteiger partial charge in [-0.2, -0.15) is 0 Å². The van der Waals surface area contributed by atoms with Crippen LogP contribution in [-0.2, 0) is 0 Å². The molecule has 0 aliphatic carbocycles. The first-order valence-electron chi connectivity index (χ1n) is 2.45. The van der Waals surface area contributed by atoms with Gasteiger partial charge in [0.1, 0.15) is 0 Å². The molecule has 0 radical (unpaired) electrons. The van der Waals surface area contributed by atoms with E-state index >= 15 is 0 Å². The molecule has 0 N–H and O–H groups in total. The van der Waals surface area contributed by atoms with E-state index in [0.717, 1.165) is 8.47 Å². The number of hydrogen-bond acceptors (Lipinski definition) is 1. The van der Waals surface area contributed by atoms with Crippen LogP contribution >= 0.6 is 58.4 Å². The van der Waals surface area contributed by atoms with Crippen molar-refractivity contribution >= 4 is 58.4 Å². The second kappa shape index (κ2) is 3.52. The quantitative estimate of drug-likeness (QED) is 0.420. The van der Waals surface area contributed by atoms with Gasteiger partial charge in [-0.15, -0.1) is 12.6 Å². The summed E-state index contributed by atoms with van der Waals surface area (Å²) in [5, 5.41) is 1.27. The summed E-state index contributed by atoms with van der Waals surface area (Å²) in [6.07, 6.45) is 0. The van der Waals surface area contributed by atoms with Crippen molar-refractivity contribution in [3.8, 4) is 0 Å². The van der Waals surface area contributed by atoms with Crippen molar-refractivity contribution in [1.29, 1.82) is 0 Å². The molecule has 0 nitrogen and oxygen atoms in total. The minimum atomic E-state index is 0.621. The van der Waals surface area contributed by atoms with Crippen molar-refractivity contribution in [2.24, 2.45) is 0 Å². The summed E-state index contributed by atoms with van der Waals surface area (Å²) < 4.78 is 0.937. The topological polar surface area (TPSA) is 0 Å². The van der Waals surface area contributed by atoms with Crippen LogP contribution < -0.4 is 0 Å². The van der Waals surface area contributed by atoms with Gasteiger partial charge in [0.25, 0.3) is 0 Å². The second-order valence-electron chi connectivity index (χ2n) is 1.72. The highest BCUT2D eigenvalue weighted by atomic mass is 127. The largest absolute Gasteiger partial charge is 0.142 e. The molecule has 0 aromatic heterocycles. The lowest BCUT2D eigenvalue weighted by Crippen LogP contribution is -1.76. The number of benzene rings is 1. The first-order chi connectivity index (χ1) is 4.61. The van der Waals surface area contributed by atoms with Gasteiger partial charge in [0.2, 0.25) is 0 Å². The molecule has 54 valence electrons. The molecule has 0 fully saturated rings. The molecule has 0 atom stereocenters. The number of hydrogen-bond donors (Lipinski definition) is 1. The molecule has 0 saturated heterocycles.